The van der Waals surface area contributed by atoms with E-state index < -0.39 is 88.6 Å². The number of carbonyl (C=O) groups is 1. The third kappa shape index (κ3) is 5.10. The smallest absolute Gasteiger partial charge is 0.258 e. The summed E-state index contributed by atoms with van der Waals surface area (Å²) in [5, 5.41) is 10.9. The lowest BCUT2D eigenvalue weighted by molar-refractivity contribution is 0.0708. The molecular weight excluding hydrogens is 513 g/mol. The minimum absolute atomic E-state index is 0.0248. The molecule has 7 nitrogen and oxygen atoms in total. The molecule has 0 bridgehead atoms. The van der Waals surface area contributed by atoms with Gasteiger partial charge in [-0.2, -0.15) is 0 Å². The number of anilines is 1. The zero-order valence-corrected chi connectivity index (χ0v) is 18.8. The maximum absolute atomic E-state index is 15.0. The van der Waals surface area contributed by atoms with Crippen molar-refractivity contribution in [3.05, 3.63) is 63.5 Å². The molecule has 198 valence electrons. The Hall–Kier alpha value is -3.68. The Kier molecular flexibility index (Phi) is 7.39. The topological polar surface area (TPSA) is 87.5 Å². The van der Waals surface area contributed by atoms with Crippen molar-refractivity contribution in [1.82, 2.24) is 14.9 Å². The van der Waals surface area contributed by atoms with Gasteiger partial charge in [-0.05, 0) is 12.5 Å². The molecule has 2 atom stereocenters. The highest BCUT2D eigenvalue weighted by Crippen LogP contribution is 2.28. The quantitative estimate of drug-likeness (QED) is 0.457. The zero-order valence-electron chi connectivity index (χ0n) is 18.8. The fourth-order valence-corrected chi connectivity index (χ4v) is 4.09. The number of aromatic nitrogens is 2. The molecule has 0 saturated carbocycles. The zero-order chi connectivity index (χ0) is 27.0. The maximum atomic E-state index is 15.0. The van der Waals surface area contributed by atoms with Crippen LogP contribution in [0.15, 0.2) is 29.2 Å². The minimum Gasteiger partial charge on any atom is -0.391 e. The molecule has 0 spiro atoms. The third-order valence-electron chi connectivity index (χ3n) is 5.88. The summed E-state index contributed by atoms with van der Waals surface area (Å²) in [5.41, 5.74) is -3.65. The van der Waals surface area contributed by atoms with Gasteiger partial charge in [0, 0.05) is 37.8 Å². The van der Waals surface area contributed by atoms with Gasteiger partial charge in [0.25, 0.3) is 12.3 Å². The first kappa shape index (κ1) is 26.4. The molecule has 2 aromatic heterocycles. The van der Waals surface area contributed by atoms with Crippen LogP contribution in [0.5, 0.6) is 0 Å². The van der Waals surface area contributed by atoms with Gasteiger partial charge >= 0.3 is 0 Å². The predicted molar refractivity (Wildman–Crippen MR) is 118 cm³/mol. The first-order valence-corrected chi connectivity index (χ1v) is 11.0. The molecule has 3 heterocycles. The summed E-state index contributed by atoms with van der Waals surface area (Å²) in [4.78, 5) is 31.2. The fraction of sp³-hybridized carbons (Fsp3) is 0.348. The highest BCUT2D eigenvalue weighted by molar-refractivity contribution is 5.97. The number of alkyl halides is 3. The molecule has 1 aliphatic rings. The number of β-amino-alcohol motifs (C(OH)–C–C–N with tert-alkyl or cyclic N) is 1. The third-order valence-corrected chi connectivity index (χ3v) is 5.88. The van der Waals surface area contributed by atoms with Gasteiger partial charge in [-0.25, -0.2) is 31.3 Å². The number of nitrogens with one attached hydrogen (secondary N) is 1. The first-order chi connectivity index (χ1) is 17.5. The Labute approximate surface area is 204 Å². The van der Waals surface area contributed by atoms with Crippen LogP contribution < -0.4 is 15.6 Å². The lowest BCUT2D eigenvalue weighted by Crippen LogP contribution is -2.42. The average Bonchev–Trinajstić information content (AvgIpc) is 3.25. The van der Waals surface area contributed by atoms with E-state index in [-0.39, 0.29) is 25.3 Å². The molecule has 37 heavy (non-hydrogen) atoms. The van der Waals surface area contributed by atoms with Crippen molar-refractivity contribution in [3.8, 4) is 5.69 Å². The molecule has 14 heteroatoms. The van der Waals surface area contributed by atoms with E-state index in [1.165, 1.54) is 4.90 Å². The lowest BCUT2D eigenvalue weighted by atomic mass is 10.1. The Balaban J connectivity index is 1.97. The lowest BCUT2D eigenvalue weighted by Gasteiger charge is -2.21. The molecule has 0 unspecified atom stereocenters. The van der Waals surface area contributed by atoms with Gasteiger partial charge in [-0.1, -0.05) is 0 Å². The molecule has 1 fully saturated rings. The molecule has 1 aliphatic heterocycles. The number of fused-ring (bicyclic) bond motifs is 1. The van der Waals surface area contributed by atoms with Crippen LogP contribution in [0.4, 0.5) is 36.6 Å². The van der Waals surface area contributed by atoms with E-state index in [9.17, 15) is 41.0 Å². The van der Waals surface area contributed by atoms with Gasteiger partial charge in [0.1, 0.15) is 17.1 Å². The van der Waals surface area contributed by atoms with E-state index in [0.29, 0.717) is 29.0 Å². The van der Waals surface area contributed by atoms with Crippen LogP contribution in [0.3, 0.4) is 0 Å². The van der Waals surface area contributed by atoms with Crippen LogP contribution in [-0.4, -0.2) is 58.9 Å². The number of benzene rings is 1. The molecule has 1 saturated heterocycles. The van der Waals surface area contributed by atoms with Crippen molar-refractivity contribution in [2.24, 2.45) is 0 Å². The highest BCUT2D eigenvalue weighted by atomic mass is 19.3. The summed E-state index contributed by atoms with van der Waals surface area (Å²) < 4.78 is 97.6. The number of aliphatic hydroxyl groups excluding tert-OH is 1. The van der Waals surface area contributed by atoms with Crippen molar-refractivity contribution >= 4 is 22.8 Å². The summed E-state index contributed by atoms with van der Waals surface area (Å²) in [6.45, 7) is -1.07. The number of nitrogens with zero attached hydrogens (tertiary/aromatic N) is 3. The molecule has 0 aliphatic carbocycles. The Morgan fingerprint density at radius 3 is 2.38 bits per heavy atom. The van der Waals surface area contributed by atoms with E-state index in [4.69, 9.17) is 0 Å². The first-order valence-electron chi connectivity index (χ1n) is 11.0. The summed E-state index contributed by atoms with van der Waals surface area (Å²) in [6, 6.07) is -0.697. The van der Waals surface area contributed by atoms with Gasteiger partial charge in [0.15, 0.2) is 28.9 Å². The van der Waals surface area contributed by atoms with Crippen LogP contribution >= 0.6 is 0 Å². The minimum atomic E-state index is -3.20. The van der Waals surface area contributed by atoms with Gasteiger partial charge in [-0.15, -0.1) is 0 Å². The summed E-state index contributed by atoms with van der Waals surface area (Å²) in [5.74, 6) is -7.08. The summed E-state index contributed by atoms with van der Waals surface area (Å²) in [7, 11) is 0. The van der Waals surface area contributed by atoms with E-state index >= 15 is 4.39 Å². The Morgan fingerprint density at radius 2 is 1.81 bits per heavy atom. The van der Waals surface area contributed by atoms with E-state index in [0.717, 1.165) is 0 Å². The molecular formula is C23H19F7N4O3. The summed E-state index contributed by atoms with van der Waals surface area (Å²) >= 11 is 0. The highest BCUT2D eigenvalue weighted by Gasteiger charge is 2.29. The van der Waals surface area contributed by atoms with Crippen molar-refractivity contribution < 1.29 is 40.6 Å². The molecule has 2 N–H and O–H groups in total. The summed E-state index contributed by atoms with van der Waals surface area (Å²) in [6.07, 6.45) is -3.91. The van der Waals surface area contributed by atoms with Crippen LogP contribution in [0.25, 0.3) is 16.7 Å². The molecule has 0 radical (unpaired) electrons. The van der Waals surface area contributed by atoms with Crippen LogP contribution in [-0.2, 0) is 0 Å². The van der Waals surface area contributed by atoms with Crippen LogP contribution in [0.1, 0.15) is 23.2 Å². The maximum Gasteiger partial charge on any atom is 0.258 e. The number of aliphatic hydroxyl groups is 1. The SMILES string of the molecule is O=C(N[C@@H](CCF)C(F)F)c1cn(-c2c(F)cc(F)cc2F)c2nc(N3CC[C@H](O)C3)c(F)cc2c1=O. The number of pyridine rings is 2. The van der Waals surface area contributed by atoms with Gasteiger partial charge < -0.3 is 15.3 Å². The largest absolute Gasteiger partial charge is 0.391 e. The van der Waals surface area contributed by atoms with Crippen LogP contribution in [0.2, 0.25) is 0 Å². The van der Waals surface area contributed by atoms with E-state index in [1.54, 1.807) is 5.32 Å². The van der Waals surface area contributed by atoms with Gasteiger partial charge in [0.2, 0.25) is 5.43 Å². The predicted octanol–water partition coefficient (Wildman–Crippen LogP) is 3.24. The number of amides is 1. The monoisotopic (exact) mass is 532 g/mol. The van der Waals surface area contributed by atoms with Crippen molar-refractivity contribution in [2.75, 3.05) is 24.7 Å². The van der Waals surface area contributed by atoms with Gasteiger partial charge in [-0.3, -0.25) is 18.5 Å². The van der Waals surface area contributed by atoms with Crippen molar-refractivity contribution in [2.45, 2.75) is 31.4 Å². The van der Waals surface area contributed by atoms with E-state index in [1.807, 2.05) is 0 Å². The molecule has 4 rings (SSSR count). The second kappa shape index (κ2) is 10.4. The second-order valence-electron chi connectivity index (χ2n) is 8.41. The van der Waals surface area contributed by atoms with Crippen molar-refractivity contribution in [3.63, 3.8) is 0 Å². The normalized spacial score (nSPS) is 16.6. The Bertz CT molecular complexity index is 1390. The molecule has 3 aromatic rings. The van der Waals surface area contributed by atoms with Crippen molar-refractivity contribution in [1.29, 1.82) is 0 Å². The number of hydrogen-bond donors (Lipinski definition) is 2. The Morgan fingerprint density at radius 1 is 1.14 bits per heavy atom. The number of hydrogen-bond acceptors (Lipinski definition) is 5. The molecule has 1 aromatic carbocycles. The second-order valence-corrected chi connectivity index (χ2v) is 8.41. The average molecular weight is 532 g/mol. The standard InChI is InChI=1S/C23H19F7N4O3/c24-3-1-17(20(29)30)31-23(37)13-9-34(18-14(26)5-10(25)6-15(18)27)21-12(19(13)36)7-16(28)22(32-21)33-4-2-11(35)8-33/h5-7,9,11,17,20,35H,1-4,8H2,(H,31,37)/t11-,17-/m0/s1. The van der Waals surface area contributed by atoms with Gasteiger partial charge in [0.05, 0.1) is 24.2 Å². The number of halogens is 7. The molecule has 1 amide bonds. The van der Waals surface area contributed by atoms with Crippen LogP contribution in [0, 0.1) is 23.3 Å². The van der Waals surface area contributed by atoms with E-state index in [2.05, 4.69) is 4.98 Å². The number of carbonyl (C=O) groups excluding carboxylic acids is 1. The fourth-order valence-electron chi connectivity index (χ4n) is 4.09. The number of rotatable bonds is 7.